The first-order chi connectivity index (χ1) is 11.1. The lowest BCUT2D eigenvalue weighted by Crippen LogP contribution is -1.97. The van der Waals surface area contributed by atoms with Crippen LogP contribution in [0.25, 0.3) is 5.65 Å². The van der Waals surface area contributed by atoms with Gasteiger partial charge in [0.1, 0.15) is 5.02 Å². The molecule has 1 aromatic carbocycles. The number of nitro groups is 1. The Labute approximate surface area is 137 Å². The molecule has 2 aromatic heterocycles. The fourth-order valence-electron chi connectivity index (χ4n) is 2.51. The average Bonchev–Trinajstić information content (AvgIpc) is 3.05. The number of rotatable bonds is 6. The SMILES string of the molecule is Cc1nn2c(CCCCc3ccc([N+](=O)[O-])cc3)n[nH]c2c1Cl. The largest absolute Gasteiger partial charge is 0.269 e. The van der Waals surface area contributed by atoms with Crippen LogP contribution in [0, 0.1) is 17.0 Å². The molecule has 0 spiro atoms. The van der Waals surface area contributed by atoms with Crippen LogP contribution in [0.2, 0.25) is 5.02 Å². The van der Waals surface area contributed by atoms with Gasteiger partial charge in [-0.05, 0) is 31.7 Å². The standard InChI is InChI=1S/C15H16ClN5O2/c1-10-14(16)15-18-17-13(20(15)19-10)5-3-2-4-11-6-8-12(9-7-11)21(22)23/h6-9,18H,2-5H2,1H3. The number of nitrogens with zero attached hydrogens (tertiary/aromatic N) is 4. The molecule has 1 N–H and O–H groups in total. The van der Waals surface area contributed by atoms with Crippen LogP contribution >= 0.6 is 11.6 Å². The number of aryl methyl sites for hydroxylation is 3. The van der Waals surface area contributed by atoms with Crippen LogP contribution in [0.1, 0.15) is 29.9 Å². The number of aromatic nitrogens is 4. The lowest BCUT2D eigenvalue weighted by molar-refractivity contribution is -0.384. The maximum absolute atomic E-state index is 10.6. The minimum atomic E-state index is -0.385. The van der Waals surface area contributed by atoms with Crippen LogP contribution in [0.5, 0.6) is 0 Å². The van der Waals surface area contributed by atoms with E-state index < -0.39 is 0 Å². The second-order valence-electron chi connectivity index (χ2n) is 5.43. The molecular weight excluding hydrogens is 318 g/mol. The molecule has 2 heterocycles. The number of hydrogen-bond acceptors (Lipinski definition) is 4. The van der Waals surface area contributed by atoms with Crippen LogP contribution in [0.3, 0.4) is 0 Å². The van der Waals surface area contributed by atoms with Crippen molar-refractivity contribution in [2.45, 2.75) is 32.6 Å². The molecule has 0 saturated carbocycles. The molecule has 0 unspecified atom stereocenters. The summed E-state index contributed by atoms with van der Waals surface area (Å²) in [5.74, 6) is 0.860. The summed E-state index contributed by atoms with van der Waals surface area (Å²) in [5.41, 5.74) is 2.74. The molecule has 0 atom stereocenters. The van der Waals surface area contributed by atoms with E-state index in [9.17, 15) is 10.1 Å². The zero-order chi connectivity index (χ0) is 16.4. The van der Waals surface area contributed by atoms with E-state index in [4.69, 9.17) is 11.6 Å². The average molecular weight is 334 g/mol. The van der Waals surface area contributed by atoms with E-state index in [0.717, 1.165) is 48.4 Å². The Morgan fingerprint density at radius 2 is 1.96 bits per heavy atom. The van der Waals surface area contributed by atoms with Crippen LogP contribution in [0.4, 0.5) is 5.69 Å². The Kier molecular flexibility index (Phi) is 4.29. The first-order valence-corrected chi connectivity index (χ1v) is 7.75. The minimum absolute atomic E-state index is 0.124. The molecule has 0 aliphatic carbocycles. The Morgan fingerprint density at radius 3 is 2.65 bits per heavy atom. The Bertz CT molecular complexity index is 838. The minimum Gasteiger partial charge on any atom is -0.258 e. The van der Waals surface area contributed by atoms with E-state index in [-0.39, 0.29) is 10.6 Å². The molecule has 0 amide bonds. The number of nitrogens with one attached hydrogen (secondary N) is 1. The summed E-state index contributed by atoms with van der Waals surface area (Å²) < 4.78 is 1.75. The van der Waals surface area contributed by atoms with Gasteiger partial charge in [0.05, 0.1) is 10.6 Å². The number of aromatic amines is 1. The predicted octanol–water partition coefficient (Wildman–Crippen LogP) is 3.49. The van der Waals surface area contributed by atoms with Gasteiger partial charge in [-0.3, -0.25) is 15.2 Å². The third-order valence-corrected chi connectivity index (χ3v) is 4.24. The number of benzene rings is 1. The molecule has 0 aliphatic heterocycles. The number of fused-ring (bicyclic) bond motifs is 1. The van der Waals surface area contributed by atoms with Gasteiger partial charge >= 0.3 is 0 Å². The maximum Gasteiger partial charge on any atom is 0.269 e. The van der Waals surface area contributed by atoms with Gasteiger partial charge in [-0.25, -0.2) is 0 Å². The molecule has 0 bridgehead atoms. The first-order valence-electron chi connectivity index (χ1n) is 7.37. The van der Waals surface area contributed by atoms with Gasteiger partial charge in [0.2, 0.25) is 0 Å². The lowest BCUT2D eigenvalue weighted by Gasteiger charge is -2.01. The van der Waals surface area contributed by atoms with Crippen molar-refractivity contribution in [3.8, 4) is 0 Å². The molecule has 23 heavy (non-hydrogen) atoms. The molecule has 0 aliphatic rings. The van der Waals surface area contributed by atoms with E-state index in [1.165, 1.54) is 0 Å². The summed E-state index contributed by atoms with van der Waals surface area (Å²) in [7, 11) is 0. The Hall–Kier alpha value is -2.41. The summed E-state index contributed by atoms with van der Waals surface area (Å²) >= 11 is 6.13. The van der Waals surface area contributed by atoms with Gasteiger partial charge in [0, 0.05) is 18.6 Å². The first kappa shape index (κ1) is 15.5. The lowest BCUT2D eigenvalue weighted by atomic mass is 10.1. The maximum atomic E-state index is 10.6. The number of hydrogen-bond donors (Lipinski definition) is 1. The predicted molar refractivity (Wildman–Crippen MR) is 86.8 cm³/mol. The van der Waals surface area contributed by atoms with Crippen molar-refractivity contribution in [2.24, 2.45) is 0 Å². The van der Waals surface area contributed by atoms with Crippen LogP contribution in [-0.4, -0.2) is 24.7 Å². The normalized spacial score (nSPS) is 11.2. The van der Waals surface area contributed by atoms with E-state index in [2.05, 4.69) is 15.3 Å². The third-order valence-electron chi connectivity index (χ3n) is 3.79. The van der Waals surface area contributed by atoms with Gasteiger partial charge in [0.25, 0.3) is 5.69 Å². The monoisotopic (exact) mass is 333 g/mol. The van der Waals surface area contributed by atoms with Crippen molar-refractivity contribution in [2.75, 3.05) is 0 Å². The fraction of sp³-hybridized carbons (Fsp3) is 0.333. The summed E-state index contributed by atoms with van der Waals surface area (Å²) in [6.45, 7) is 1.86. The molecule has 7 nitrogen and oxygen atoms in total. The van der Waals surface area contributed by atoms with Gasteiger partial charge < -0.3 is 0 Å². The highest BCUT2D eigenvalue weighted by atomic mass is 35.5. The van der Waals surface area contributed by atoms with Crippen molar-refractivity contribution < 1.29 is 4.92 Å². The number of H-pyrrole nitrogens is 1. The molecular formula is C15H16ClN5O2. The van der Waals surface area contributed by atoms with Gasteiger partial charge in [-0.2, -0.15) is 14.7 Å². The Balaban J connectivity index is 1.54. The summed E-state index contributed by atoms with van der Waals surface area (Å²) in [6, 6.07) is 6.70. The highest BCUT2D eigenvalue weighted by Crippen LogP contribution is 2.20. The topological polar surface area (TPSA) is 89.1 Å². The quantitative estimate of drug-likeness (QED) is 0.425. The summed E-state index contributed by atoms with van der Waals surface area (Å²) in [6.07, 6.45) is 3.60. The highest BCUT2D eigenvalue weighted by Gasteiger charge is 2.13. The molecule has 3 aromatic rings. The number of halogens is 1. The molecule has 120 valence electrons. The smallest absolute Gasteiger partial charge is 0.258 e. The second kappa shape index (κ2) is 6.37. The van der Waals surface area contributed by atoms with Crippen molar-refractivity contribution >= 4 is 22.9 Å². The third kappa shape index (κ3) is 3.19. The van der Waals surface area contributed by atoms with Crippen molar-refractivity contribution in [3.05, 3.63) is 56.5 Å². The van der Waals surface area contributed by atoms with Gasteiger partial charge in [0.15, 0.2) is 11.5 Å². The summed E-state index contributed by atoms with van der Waals surface area (Å²) in [4.78, 5) is 10.2. The van der Waals surface area contributed by atoms with Gasteiger partial charge in [-0.15, -0.1) is 0 Å². The zero-order valence-electron chi connectivity index (χ0n) is 12.6. The number of non-ortho nitro benzene ring substituents is 1. The van der Waals surface area contributed by atoms with E-state index >= 15 is 0 Å². The molecule has 0 fully saturated rings. The van der Waals surface area contributed by atoms with Crippen molar-refractivity contribution in [3.63, 3.8) is 0 Å². The van der Waals surface area contributed by atoms with E-state index in [1.807, 2.05) is 19.1 Å². The Morgan fingerprint density at radius 1 is 1.26 bits per heavy atom. The van der Waals surface area contributed by atoms with Crippen molar-refractivity contribution in [1.29, 1.82) is 0 Å². The summed E-state index contributed by atoms with van der Waals surface area (Å²) in [5, 5.41) is 22.7. The second-order valence-corrected chi connectivity index (χ2v) is 5.81. The number of unbranched alkanes of at least 4 members (excludes halogenated alkanes) is 1. The van der Waals surface area contributed by atoms with E-state index in [1.54, 1.807) is 16.6 Å². The van der Waals surface area contributed by atoms with E-state index in [0.29, 0.717) is 5.02 Å². The van der Waals surface area contributed by atoms with Crippen LogP contribution < -0.4 is 0 Å². The van der Waals surface area contributed by atoms with Crippen molar-refractivity contribution in [1.82, 2.24) is 19.8 Å². The van der Waals surface area contributed by atoms with Crippen LogP contribution in [0.15, 0.2) is 24.3 Å². The van der Waals surface area contributed by atoms with Crippen LogP contribution in [-0.2, 0) is 12.8 Å². The fourth-order valence-corrected chi connectivity index (χ4v) is 2.67. The molecule has 0 radical (unpaired) electrons. The zero-order valence-corrected chi connectivity index (χ0v) is 13.4. The molecule has 3 rings (SSSR count). The molecule has 0 saturated heterocycles. The number of nitro benzene ring substituents is 1. The highest BCUT2D eigenvalue weighted by molar-refractivity contribution is 6.34. The molecule has 8 heteroatoms. The van der Waals surface area contributed by atoms with Gasteiger partial charge in [-0.1, -0.05) is 23.7 Å².